The molecular formula is C12H26N2O. The number of amides is 1. The van der Waals surface area contributed by atoms with Crippen molar-refractivity contribution in [2.24, 2.45) is 11.7 Å². The van der Waals surface area contributed by atoms with Crippen molar-refractivity contribution in [2.75, 3.05) is 7.05 Å². The van der Waals surface area contributed by atoms with E-state index in [4.69, 9.17) is 5.73 Å². The van der Waals surface area contributed by atoms with Gasteiger partial charge in [0.1, 0.15) is 0 Å². The van der Waals surface area contributed by atoms with Crippen LogP contribution in [0.3, 0.4) is 0 Å². The second-order valence-corrected chi connectivity index (χ2v) is 4.33. The first-order chi connectivity index (χ1) is 6.99. The van der Waals surface area contributed by atoms with Gasteiger partial charge >= 0.3 is 0 Å². The van der Waals surface area contributed by atoms with Gasteiger partial charge in [-0.1, -0.05) is 34.1 Å². The second-order valence-electron chi connectivity index (χ2n) is 4.33. The number of hydrogen-bond acceptors (Lipinski definition) is 2. The summed E-state index contributed by atoms with van der Waals surface area (Å²) in [7, 11) is 1.86. The number of nitrogens with two attached hydrogens (primary N) is 1. The average Bonchev–Trinajstić information content (AvgIpc) is 2.27. The van der Waals surface area contributed by atoms with E-state index < -0.39 is 0 Å². The van der Waals surface area contributed by atoms with Crippen LogP contribution in [0.1, 0.15) is 47.0 Å². The van der Waals surface area contributed by atoms with Gasteiger partial charge in [0.05, 0.1) is 6.04 Å². The molecule has 0 bridgehead atoms. The van der Waals surface area contributed by atoms with E-state index in [9.17, 15) is 4.79 Å². The van der Waals surface area contributed by atoms with E-state index in [1.807, 2.05) is 18.9 Å². The van der Waals surface area contributed by atoms with Crippen LogP contribution >= 0.6 is 0 Å². The summed E-state index contributed by atoms with van der Waals surface area (Å²) in [5.41, 5.74) is 5.93. The highest BCUT2D eigenvalue weighted by Gasteiger charge is 2.25. The van der Waals surface area contributed by atoms with E-state index in [1.165, 1.54) is 0 Å². The highest BCUT2D eigenvalue weighted by atomic mass is 16.2. The molecule has 0 unspecified atom stereocenters. The van der Waals surface area contributed by atoms with E-state index in [-0.39, 0.29) is 17.9 Å². The fraction of sp³-hybridized carbons (Fsp3) is 0.917. The monoisotopic (exact) mass is 214 g/mol. The van der Waals surface area contributed by atoms with Gasteiger partial charge in [0.15, 0.2) is 0 Å². The molecule has 0 heterocycles. The Bertz CT molecular complexity index is 190. The van der Waals surface area contributed by atoms with Gasteiger partial charge in [-0.2, -0.15) is 0 Å². The van der Waals surface area contributed by atoms with Crippen molar-refractivity contribution in [3.63, 3.8) is 0 Å². The van der Waals surface area contributed by atoms with E-state index in [1.54, 1.807) is 0 Å². The highest BCUT2D eigenvalue weighted by Crippen LogP contribution is 2.12. The first kappa shape index (κ1) is 14.4. The molecule has 1 amide bonds. The molecule has 3 heteroatoms. The summed E-state index contributed by atoms with van der Waals surface area (Å²) in [6.45, 7) is 8.30. The van der Waals surface area contributed by atoms with Crippen LogP contribution in [0.2, 0.25) is 0 Å². The zero-order chi connectivity index (χ0) is 12.0. The van der Waals surface area contributed by atoms with Crippen LogP contribution in [0.4, 0.5) is 0 Å². The van der Waals surface area contributed by atoms with Crippen molar-refractivity contribution in [3.05, 3.63) is 0 Å². The molecule has 0 radical (unpaired) electrons. The molecule has 0 aliphatic rings. The molecule has 0 saturated carbocycles. The lowest BCUT2D eigenvalue weighted by molar-refractivity contribution is -0.134. The van der Waals surface area contributed by atoms with Gasteiger partial charge in [0.2, 0.25) is 5.91 Å². The summed E-state index contributed by atoms with van der Waals surface area (Å²) in [5, 5.41) is 0. The van der Waals surface area contributed by atoms with Gasteiger partial charge in [-0.25, -0.2) is 0 Å². The molecule has 0 saturated heterocycles. The van der Waals surface area contributed by atoms with Gasteiger partial charge in [-0.3, -0.25) is 4.79 Å². The Morgan fingerprint density at radius 3 is 2.00 bits per heavy atom. The Balaban J connectivity index is 4.42. The predicted molar refractivity (Wildman–Crippen MR) is 64.6 cm³/mol. The quantitative estimate of drug-likeness (QED) is 0.735. The van der Waals surface area contributed by atoms with Gasteiger partial charge in [-0.05, 0) is 18.8 Å². The smallest absolute Gasteiger partial charge is 0.239 e. The molecule has 3 nitrogen and oxygen atoms in total. The van der Waals surface area contributed by atoms with Gasteiger partial charge < -0.3 is 10.6 Å². The van der Waals surface area contributed by atoms with E-state index in [0.29, 0.717) is 6.04 Å². The molecule has 0 fully saturated rings. The van der Waals surface area contributed by atoms with Crippen molar-refractivity contribution in [3.8, 4) is 0 Å². The van der Waals surface area contributed by atoms with Crippen molar-refractivity contribution in [1.82, 2.24) is 4.90 Å². The Morgan fingerprint density at radius 1 is 1.20 bits per heavy atom. The first-order valence-electron chi connectivity index (χ1n) is 6.01. The standard InChI is InChI=1S/C12H26N2O/c1-6-9(4)11(13)12(15)14(5)10(7-2)8-3/h9-11H,6-8,13H2,1-5H3/t9-,11-/m0/s1. The number of likely N-dealkylation sites (N-methyl/N-ethyl adjacent to an activating group) is 1. The number of carbonyl (C=O) groups excluding carboxylic acids is 1. The molecule has 2 N–H and O–H groups in total. The molecule has 0 rings (SSSR count). The Hall–Kier alpha value is -0.570. The van der Waals surface area contributed by atoms with Crippen LogP contribution in [0.25, 0.3) is 0 Å². The minimum absolute atomic E-state index is 0.0815. The van der Waals surface area contributed by atoms with E-state index >= 15 is 0 Å². The SMILES string of the molecule is CCC(CC)N(C)C(=O)[C@@H](N)[C@@H](C)CC. The zero-order valence-electron chi connectivity index (χ0n) is 10.8. The summed E-state index contributed by atoms with van der Waals surface area (Å²) in [5.74, 6) is 0.340. The summed E-state index contributed by atoms with van der Waals surface area (Å²) in [6, 6.07) is -0.0202. The fourth-order valence-corrected chi connectivity index (χ4v) is 1.75. The Labute approximate surface area is 94.0 Å². The summed E-state index contributed by atoms with van der Waals surface area (Å²) < 4.78 is 0. The average molecular weight is 214 g/mol. The molecule has 0 spiro atoms. The first-order valence-corrected chi connectivity index (χ1v) is 6.01. The number of rotatable bonds is 6. The summed E-state index contributed by atoms with van der Waals surface area (Å²) >= 11 is 0. The molecule has 0 aromatic rings. The van der Waals surface area contributed by atoms with E-state index in [2.05, 4.69) is 20.8 Å². The normalized spacial score (nSPS) is 15.1. The third-order valence-corrected chi connectivity index (χ3v) is 3.38. The fourth-order valence-electron chi connectivity index (χ4n) is 1.75. The highest BCUT2D eigenvalue weighted by molar-refractivity contribution is 5.82. The van der Waals surface area contributed by atoms with Crippen LogP contribution in [-0.4, -0.2) is 29.9 Å². The number of hydrogen-bond donors (Lipinski definition) is 1. The summed E-state index contributed by atoms with van der Waals surface area (Å²) in [6.07, 6.45) is 2.93. The van der Waals surface area contributed by atoms with Crippen molar-refractivity contribution < 1.29 is 4.79 Å². The Morgan fingerprint density at radius 2 is 1.67 bits per heavy atom. The Kier molecular flexibility index (Phi) is 6.57. The minimum Gasteiger partial charge on any atom is -0.341 e. The topological polar surface area (TPSA) is 46.3 Å². The van der Waals surface area contributed by atoms with Gasteiger partial charge in [-0.15, -0.1) is 0 Å². The van der Waals surface area contributed by atoms with Gasteiger partial charge in [0, 0.05) is 13.1 Å². The molecule has 0 aliphatic heterocycles. The molecule has 0 aliphatic carbocycles. The third-order valence-electron chi connectivity index (χ3n) is 3.38. The van der Waals surface area contributed by atoms with Crippen molar-refractivity contribution in [1.29, 1.82) is 0 Å². The van der Waals surface area contributed by atoms with Crippen LogP contribution in [0.15, 0.2) is 0 Å². The molecule has 2 atom stereocenters. The number of carbonyl (C=O) groups is 1. The van der Waals surface area contributed by atoms with Crippen LogP contribution in [-0.2, 0) is 4.79 Å². The van der Waals surface area contributed by atoms with Crippen LogP contribution in [0, 0.1) is 5.92 Å². The van der Waals surface area contributed by atoms with Crippen molar-refractivity contribution >= 4 is 5.91 Å². The molecule has 90 valence electrons. The lowest BCUT2D eigenvalue weighted by Gasteiger charge is -2.30. The van der Waals surface area contributed by atoms with Crippen LogP contribution < -0.4 is 5.73 Å². The molecule has 0 aromatic carbocycles. The maximum Gasteiger partial charge on any atom is 0.239 e. The molecule has 0 aromatic heterocycles. The van der Waals surface area contributed by atoms with Crippen LogP contribution in [0.5, 0.6) is 0 Å². The summed E-state index contributed by atoms with van der Waals surface area (Å²) in [4.78, 5) is 13.8. The third kappa shape index (κ3) is 3.82. The largest absolute Gasteiger partial charge is 0.341 e. The maximum atomic E-state index is 12.0. The lowest BCUT2D eigenvalue weighted by Crippen LogP contribution is -2.48. The number of nitrogens with zero attached hydrogens (tertiary/aromatic N) is 1. The van der Waals surface area contributed by atoms with Gasteiger partial charge in [0.25, 0.3) is 0 Å². The maximum absolute atomic E-state index is 12.0. The second kappa shape index (κ2) is 6.83. The zero-order valence-corrected chi connectivity index (χ0v) is 10.8. The minimum atomic E-state index is -0.347. The molecular weight excluding hydrogens is 188 g/mol. The molecule has 15 heavy (non-hydrogen) atoms. The predicted octanol–water partition coefficient (Wildman–Crippen LogP) is 2.01. The van der Waals surface area contributed by atoms with E-state index in [0.717, 1.165) is 19.3 Å². The lowest BCUT2D eigenvalue weighted by atomic mass is 9.98. The van der Waals surface area contributed by atoms with Crippen molar-refractivity contribution in [2.45, 2.75) is 59.0 Å².